The number of amides is 1. The van der Waals surface area contributed by atoms with E-state index < -0.39 is 0 Å². The highest BCUT2D eigenvalue weighted by molar-refractivity contribution is 5.95. The lowest BCUT2D eigenvalue weighted by Gasteiger charge is -2.33. The number of hydrogen-bond donors (Lipinski definition) is 1. The summed E-state index contributed by atoms with van der Waals surface area (Å²) in [6, 6.07) is 8.75. The quantitative estimate of drug-likeness (QED) is 0.926. The third-order valence-corrected chi connectivity index (χ3v) is 5.18. The van der Waals surface area contributed by atoms with Crippen LogP contribution >= 0.6 is 0 Å². The van der Waals surface area contributed by atoms with Gasteiger partial charge in [-0.3, -0.25) is 9.69 Å². The maximum atomic E-state index is 13.0. The fourth-order valence-corrected chi connectivity index (χ4v) is 3.51. The van der Waals surface area contributed by atoms with E-state index in [4.69, 9.17) is 0 Å². The van der Waals surface area contributed by atoms with E-state index in [-0.39, 0.29) is 17.8 Å². The minimum Gasteiger partial charge on any atom is -0.351 e. The number of benzene rings is 1. The summed E-state index contributed by atoms with van der Waals surface area (Å²) in [6.07, 6.45) is 2.05. The van der Waals surface area contributed by atoms with E-state index >= 15 is 0 Å². The number of carbonyl (C=O) groups excluding carboxylic acids is 1. The molecule has 1 aliphatic heterocycles. The summed E-state index contributed by atoms with van der Waals surface area (Å²) >= 11 is 0. The van der Waals surface area contributed by atoms with Crippen LogP contribution in [0.3, 0.4) is 0 Å². The zero-order chi connectivity index (χ0) is 18.0. The molecule has 1 fully saturated rings. The Morgan fingerprint density at radius 3 is 2.64 bits per heavy atom. The molecule has 1 aliphatic rings. The maximum absolute atomic E-state index is 13.0. The molecule has 1 N–H and O–H groups in total. The maximum Gasteiger partial charge on any atom is 0.253 e. The zero-order valence-corrected chi connectivity index (χ0v) is 15.2. The van der Waals surface area contributed by atoms with Gasteiger partial charge in [-0.25, -0.2) is 4.39 Å². The second-order valence-corrected chi connectivity index (χ2v) is 7.02. The van der Waals surface area contributed by atoms with Crippen LogP contribution in [-0.4, -0.2) is 34.5 Å². The summed E-state index contributed by atoms with van der Waals surface area (Å²) in [5.41, 5.74) is 3.94. The van der Waals surface area contributed by atoms with Crippen molar-refractivity contribution < 1.29 is 9.18 Å². The van der Waals surface area contributed by atoms with Crippen molar-refractivity contribution >= 4 is 5.91 Å². The fourth-order valence-electron chi connectivity index (χ4n) is 3.51. The second-order valence-electron chi connectivity index (χ2n) is 7.02. The van der Waals surface area contributed by atoms with Crippen LogP contribution in [-0.2, 0) is 13.6 Å². The number of aromatic nitrogens is 1. The van der Waals surface area contributed by atoms with Gasteiger partial charge in [0.2, 0.25) is 0 Å². The number of likely N-dealkylation sites (tertiary alicyclic amines) is 1. The summed E-state index contributed by atoms with van der Waals surface area (Å²) in [5.74, 6) is -0.198. The first-order chi connectivity index (χ1) is 11.9. The second kappa shape index (κ2) is 7.40. The molecule has 1 aromatic heterocycles. The Morgan fingerprint density at radius 2 is 2.00 bits per heavy atom. The molecule has 5 heteroatoms. The summed E-state index contributed by atoms with van der Waals surface area (Å²) in [4.78, 5) is 14.9. The minimum absolute atomic E-state index is 0.00910. The lowest BCUT2D eigenvalue weighted by molar-refractivity contribution is 0.0900. The van der Waals surface area contributed by atoms with Crippen molar-refractivity contribution in [3.8, 4) is 0 Å². The van der Waals surface area contributed by atoms with Crippen molar-refractivity contribution in [1.29, 1.82) is 0 Å². The van der Waals surface area contributed by atoms with E-state index in [0.717, 1.165) is 55.0 Å². The number of piperidine rings is 1. The Hall–Kier alpha value is -2.14. The first kappa shape index (κ1) is 17.7. The molecule has 1 aromatic carbocycles. The molecule has 25 heavy (non-hydrogen) atoms. The van der Waals surface area contributed by atoms with Crippen molar-refractivity contribution in [2.45, 2.75) is 39.3 Å². The molecular formula is C20H26FN3O. The average Bonchev–Trinajstić information content (AvgIpc) is 2.85. The van der Waals surface area contributed by atoms with Gasteiger partial charge in [-0.15, -0.1) is 0 Å². The molecule has 0 bridgehead atoms. The largest absolute Gasteiger partial charge is 0.351 e. The highest BCUT2D eigenvalue weighted by atomic mass is 19.1. The molecule has 0 unspecified atom stereocenters. The number of aryl methyl sites for hydroxylation is 1. The van der Waals surface area contributed by atoms with E-state index in [0.29, 0.717) is 0 Å². The molecular weight excluding hydrogens is 317 g/mol. The van der Waals surface area contributed by atoms with Gasteiger partial charge in [-0.1, -0.05) is 12.1 Å². The lowest BCUT2D eigenvalue weighted by Crippen LogP contribution is -2.47. The zero-order valence-electron chi connectivity index (χ0n) is 15.2. The van der Waals surface area contributed by atoms with Gasteiger partial charge in [-0.05, 0) is 57.0 Å². The highest BCUT2D eigenvalue weighted by Crippen LogP contribution is 2.17. The predicted molar refractivity (Wildman–Crippen MR) is 97.1 cm³/mol. The van der Waals surface area contributed by atoms with Crippen LogP contribution in [0.5, 0.6) is 0 Å². The highest BCUT2D eigenvalue weighted by Gasteiger charge is 2.23. The lowest BCUT2D eigenvalue weighted by atomic mass is 10.0. The third-order valence-electron chi connectivity index (χ3n) is 5.18. The topological polar surface area (TPSA) is 37.3 Å². The molecule has 3 rings (SSSR count). The predicted octanol–water partition coefficient (Wildman–Crippen LogP) is 3.18. The minimum atomic E-state index is -0.207. The molecule has 2 aromatic rings. The number of nitrogens with zero attached hydrogens (tertiary/aromatic N) is 2. The Kier molecular flexibility index (Phi) is 5.23. The molecule has 0 radical (unpaired) electrons. The molecule has 0 spiro atoms. The Bertz CT molecular complexity index is 751. The monoisotopic (exact) mass is 343 g/mol. The van der Waals surface area contributed by atoms with Gasteiger partial charge in [0.05, 0.1) is 5.56 Å². The molecule has 134 valence electrons. The van der Waals surface area contributed by atoms with Crippen LogP contribution in [0.15, 0.2) is 30.3 Å². The van der Waals surface area contributed by atoms with Crippen molar-refractivity contribution in [1.82, 2.24) is 14.8 Å². The molecule has 1 amide bonds. The van der Waals surface area contributed by atoms with Gasteiger partial charge >= 0.3 is 0 Å². The van der Waals surface area contributed by atoms with Gasteiger partial charge < -0.3 is 9.88 Å². The van der Waals surface area contributed by atoms with Gasteiger partial charge in [-0.2, -0.15) is 0 Å². The molecule has 1 saturated heterocycles. The van der Waals surface area contributed by atoms with Crippen LogP contribution in [0, 0.1) is 19.7 Å². The Balaban J connectivity index is 1.60. The van der Waals surface area contributed by atoms with Crippen molar-refractivity contribution in [3.63, 3.8) is 0 Å². The van der Waals surface area contributed by atoms with E-state index in [1.54, 1.807) is 0 Å². The molecule has 0 aliphatic carbocycles. The van der Waals surface area contributed by atoms with Gasteiger partial charge in [0.1, 0.15) is 5.82 Å². The van der Waals surface area contributed by atoms with Gasteiger partial charge in [0, 0.05) is 37.6 Å². The molecule has 4 nitrogen and oxygen atoms in total. The van der Waals surface area contributed by atoms with E-state index in [2.05, 4.69) is 10.2 Å². The number of rotatable bonds is 4. The van der Waals surface area contributed by atoms with Gasteiger partial charge in [0.15, 0.2) is 0 Å². The van der Waals surface area contributed by atoms with Crippen LogP contribution in [0.25, 0.3) is 0 Å². The SMILES string of the molecule is Cc1cc(C(=O)N[C@H]2CCCN(Cc3ccc(F)cc3)C2)c(C)n1C. The average molecular weight is 343 g/mol. The van der Waals surface area contributed by atoms with E-state index in [1.807, 2.05) is 43.7 Å². The smallest absolute Gasteiger partial charge is 0.253 e. The number of halogens is 1. The number of hydrogen-bond acceptors (Lipinski definition) is 2. The Morgan fingerprint density at radius 1 is 1.28 bits per heavy atom. The first-order valence-electron chi connectivity index (χ1n) is 8.84. The van der Waals surface area contributed by atoms with Crippen LogP contribution < -0.4 is 5.32 Å². The normalized spacial score (nSPS) is 18.3. The summed E-state index contributed by atoms with van der Waals surface area (Å²) in [5, 5.41) is 3.19. The number of nitrogens with one attached hydrogen (secondary N) is 1. The van der Waals surface area contributed by atoms with Crippen LogP contribution in [0.4, 0.5) is 4.39 Å². The summed E-state index contributed by atoms with van der Waals surface area (Å²) in [7, 11) is 1.98. The van der Waals surface area contributed by atoms with Crippen LogP contribution in [0.2, 0.25) is 0 Å². The number of carbonyl (C=O) groups is 1. The Labute approximate surface area is 148 Å². The molecule has 0 saturated carbocycles. The fraction of sp³-hybridized carbons (Fsp3) is 0.450. The summed E-state index contributed by atoms with van der Waals surface area (Å²) < 4.78 is 15.1. The van der Waals surface area contributed by atoms with Crippen molar-refractivity contribution in [2.75, 3.05) is 13.1 Å². The van der Waals surface area contributed by atoms with Crippen molar-refractivity contribution in [3.05, 3.63) is 58.7 Å². The first-order valence-corrected chi connectivity index (χ1v) is 8.84. The molecule has 1 atom stereocenters. The van der Waals surface area contributed by atoms with E-state index in [1.165, 1.54) is 12.1 Å². The summed E-state index contributed by atoms with van der Waals surface area (Å²) in [6.45, 7) is 6.61. The van der Waals surface area contributed by atoms with Gasteiger partial charge in [0.25, 0.3) is 5.91 Å². The standard InChI is InChI=1S/C20H26FN3O/c1-14-11-19(15(2)23(14)3)20(25)22-18-5-4-10-24(13-18)12-16-6-8-17(21)9-7-16/h6-9,11,18H,4-5,10,12-13H2,1-3H3,(H,22,25)/t18-/m0/s1. The van der Waals surface area contributed by atoms with Crippen LogP contribution in [0.1, 0.15) is 40.2 Å². The third kappa shape index (κ3) is 4.10. The van der Waals surface area contributed by atoms with E-state index in [9.17, 15) is 9.18 Å². The molecule has 2 heterocycles. The van der Waals surface area contributed by atoms with Crippen molar-refractivity contribution in [2.24, 2.45) is 7.05 Å².